The Bertz CT molecular complexity index is 2140. The van der Waals surface area contributed by atoms with E-state index in [0.717, 1.165) is 37.7 Å². The molecule has 0 bridgehead atoms. The lowest BCUT2D eigenvalue weighted by Crippen LogP contribution is -3.00. The molecule has 0 spiro atoms. The SMILES string of the molecule is CCCCCCCCCCCCCCCCCC[N+](C)(C)CCCCCCCCCCCC.CCCCCCCCCCCC[N+](C)(C)C.CCCCCCCCCCCC[N+](C)(C)Cc1ccccc1.CCCCCCCCCCCC[N+]1(C)CCOCC1.CC[N+](CC)(CC)CC.C[N+](C)(C)C.C[N+](C)(C)c1ccccc1.[Cl-].[Cl-].[Cl-].[Cl-].[Cl-].[Cl-].[Cl-].[HH]. The number of para-hydroxylation sites is 1. The number of ether oxygens (including phenoxy) is 1. The second-order valence-corrected chi connectivity index (χ2v) is 40.8. The van der Waals surface area contributed by atoms with E-state index < -0.39 is 0 Å². The van der Waals surface area contributed by atoms with Gasteiger partial charge in [-0.05, 0) is 104 Å². The van der Waals surface area contributed by atoms with Gasteiger partial charge in [-0.3, -0.25) is 4.48 Å². The molecular formula is C106H224Cl7N7O. The van der Waals surface area contributed by atoms with Crippen LogP contribution in [-0.2, 0) is 11.3 Å². The van der Waals surface area contributed by atoms with E-state index in [2.05, 4.69) is 223 Å². The molecule has 0 unspecified atom stereocenters. The van der Waals surface area contributed by atoms with Crippen LogP contribution in [0.1, 0.15) is 429 Å². The van der Waals surface area contributed by atoms with Crippen LogP contribution in [0.4, 0.5) is 5.69 Å². The molecule has 0 aliphatic carbocycles. The van der Waals surface area contributed by atoms with Gasteiger partial charge in [-0.2, -0.15) is 0 Å². The van der Waals surface area contributed by atoms with Gasteiger partial charge in [-0.25, -0.2) is 0 Å². The van der Waals surface area contributed by atoms with Crippen LogP contribution < -0.4 is 91.3 Å². The van der Waals surface area contributed by atoms with E-state index in [1.807, 2.05) is 6.07 Å². The maximum absolute atomic E-state index is 5.45. The minimum Gasteiger partial charge on any atom is -1.00 e. The Labute approximate surface area is 809 Å². The first-order chi connectivity index (χ1) is 54.4. The molecule has 1 heterocycles. The van der Waals surface area contributed by atoms with Gasteiger partial charge >= 0.3 is 0 Å². The summed E-state index contributed by atoms with van der Waals surface area (Å²) in [6.45, 7) is 38.0. The van der Waals surface area contributed by atoms with E-state index in [1.165, 1.54) is 456 Å². The number of rotatable bonds is 68. The fraction of sp³-hybridized carbons (Fsp3) is 0.887. The fourth-order valence-electron chi connectivity index (χ4n) is 15.7. The molecule has 3 rings (SSSR count). The van der Waals surface area contributed by atoms with Gasteiger partial charge in [0.25, 0.3) is 0 Å². The number of unbranched alkanes of at least 4 members (excludes halogenated alkanes) is 51. The van der Waals surface area contributed by atoms with Crippen molar-refractivity contribution in [2.24, 2.45) is 0 Å². The van der Waals surface area contributed by atoms with Crippen molar-refractivity contribution >= 4 is 5.69 Å². The molecule has 1 fully saturated rings. The lowest BCUT2D eigenvalue weighted by Gasteiger charge is -2.37. The van der Waals surface area contributed by atoms with Gasteiger partial charge < -0.3 is 118 Å². The summed E-state index contributed by atoms with van der Waals surface area (Å²) in [4.78, 5) is 0. The molecule has 1 aliphatic rings. The highest BCUT2D eigenvalue weighted by Gasteiger charge is 2.24. The summed E-state index contributed by atoms with van der Waals surface area (Å²) in [6.07, 6.45) is 81.0. The Balaban J connectivity index is -0.000000121. The van der Waals surface area contributed by atoms with Gasteiger partial charge in [-0.1, -0.05) is 379 Å². The van der Waals surface area contributed by atoms with Crippen LogP contribution in [0.25, 0.3) is 0 Å². The van der Waals surface area contributed by atoms with E-state index in [1.54, 1.807) is 0 Å². The minimum absolute atomic E-state index is 0. The van der Waals surface area contributed by atoms with Crippen LogP contribution in [-0.4, -0.2) is 218 Å². The number of quaternary nitrogens is 7. The van der Waals surface area contributed by atoms with Crippen LogP contribution in [0.3, 0.4) is 0 Å². The van der Waals surface area contributed by atoms with Crippen LogP contribution in [0, 0.1) is 0 Å². The zero-order chi connectivity index (χ0) is 85.9. The Hall–Kier alpha value is 0.150. The van der Waals surface area contributed by atoms with Gasteiger partial charge in [0, 0.05) is 6.99 Å². The summed E-state index contributed by atoms with van der Waals surface area (Å²) in [5, 5.41) is 0. The Morgan fingerprint density at radius 1 is 0.264 bits per heavy atom. The lowest BCUT2D eigenvalue weighted by atomic mass is 10.0. The molecule has 2 aromatic rings. The largest absolute Gasteiger partial charge is 1.00 e. The number of halogens is 7. The first-order valence-electron chi connectivity index (χ1n) is 50.8. The summed E-state index contributed by atoms with van der Waals surface area (Å²) in [6, 6.07) is 21.4. The van der Waals surface area contributed by atoms with Crippen LogP contribution in [0.2, 0.25) is 0 Å². The average Bonchev–Trinajstić information content (AvgIpc) is 0.886. The average molecular weight is 1860 g/mol. The molecule has 2 aromatic carbocycles. The quantitative estimate of drug-likeness (QED) is 0.0474. The third kappa shape index (κ3) is 116. The van der Waals surface area contributed by atoms with Crippen molar-refractivity contribution < 1.29 is 120 Å². The zero-order valence-corrected chi connectivity index (χ0v) is 91.7. The predicted molar refractivity (Wildman–Crippen MR) is 525 cm³/mol. The lowest BCUT2D eigenvalue weighted by molar-refractivity contribution is -0.921. The molecule has 0 radical (unpaired) electrons. The van der Waals surface area contributed by atoms with Gasteiger partial charge in [0.1, 0.15) is 25.3 Å². The number of benzene rings is 2. The van der Waals surface area contributed by atoms with Crippen LogP contribution >= 0.6 is 0 Å². The molecule has 0 N–H and O–H groups in total. The highest BCUT2D eigenvalue weighted by molar-refractivity contribution is 5.40. The highest BCUT2D eigenvalue weighted by atomic mass is 35.5. The fourth-order valence-corrected chi connectivity index (χ4v) is 15.7. The molecule has 8 nitrogen and oxygen atoms in total. The number of hydrogen-bond donors (Lipinski definition) is 0. The monoisotopic (exact) mass is 1860 g/mol. The first-order valence-corrected chi connectivity index (χ1v) is 50.8. The van der Waals surface area contributed by atoms with Gasteiger partial charge in [0.05, 0.1) is 178 Å². The van der Waals surface area contributed by atoms with E-state index in [-0.39, 0.29) is 88.3 Å². The molecule has 0 saturated carbocycles. The molecule has 121 heavy (non-hydrogen) atoms. The summed E-state index contributed by atoms with van der Waals surface area (Å²) < 4.78 is 13.3. The topological polar surface area (TPSA) is 9.23 Å². The normalized spacial score (nSPS) is 12.3. The van der Waals surface area contributed by atoms with Crippen molar-refractivity contribution in [3.63, 3.8) is 0 Å². The zero-order valence-electron chi connectivity index (χ0n) is 86.5. The van der Waals surface area contributed by atoms with E-state index >= 15 is 0 Å². The first kappa shape index (κ1) is 144. The maximum atomic E-state index is 5.45. The van der Waals surface area contributed by atoms with Gasteiger partial charge in [0.15, 0.2) is 0 Å². The van der Waals surface area contributed by atoms with Crippen LogP contribution in [0.5, 0.6) is 0 Å². The van der Waals surface area contributed by atoms with Crippen molar-refractivity contribution in [3.8, 4) is 0 Å². The summed E-state index contributed by atoms with van der Waals surface area (Å²) in [5.41, 5.74) is 2.79. The molecule has 0 atom stereocenters. The van der Waals surface area contributed by atoms with Gasteiger partial charge in [-0.15, -0.1) is 0 Å². The third-order valence-electron chi connectivity index (χ3n) is 24.3. The smallest absolute Gasteiger partial charge is 0.132 e. The molecule has 1 aliphatic heterocycles. The van der Waals surface area contributed by atoms with Gasteiger partial charge in [0.2, 0.25) is 0 Å². The second-order valence-electron chi connectivity index (χ2n) is 40.8. The Morgan fingerprint density at radius 3 is 0.678 bits per heavy atom. The summed E-state index contributed by atoms with van der Waals surface area (Å²) in [7, 11) is 33.9. The van der Waals surface area contributed by atoms with E-state index in [9.17, 15) is 0 Å². The highest BCUT2D eigenvalue weighted by Crippen LogP contribution is 2.21. The molecule has 738 valence electrons. The summed E-state index contributed by atoms with van der Waals surface area (Å²) in [5.74, 6) is 0. The molecule has 0 aromatic heterocycles. The van der Waals surface area contributed by atoms with Crippen molar-refractivity contribution in [3.05, 3.63) is 66.2 Å². The third-order valence-corrected chi connectivity index (χ3v) is 24.3. The standard InChI is InChI=1S/C32H68N.C21H38N.C17H36NO.C15H34N.C9H14N.C8H20N.C4H12N.7ClH.H2/c1-5-7-9-11-13-15-17-18-19-20-21-22-24-26-28-30-32-33(3,4)31-29-27-25-23-16-14-12-10-8-6-2;1-4-5-6-7-8-9-10-11-12-16-19-22(2,3)20-21-17-14-13-15-18-21;1-3-4-5-6-7-8-9-10-11-12-13-18(2)14-16-19-17-15-18;1-5-6-7-8-9-10-11-12-13-14-15-16(2,3)4;1-10(2,3)9-7-5-4-6-8-9;1-5-9(6-2,7-3)8-4;1-5(2,3)4;;;;;;;;/h5-32H2,1-4H3;13-15,17-18H,4-12,16,19-20H2,1-3H3;3-17H2,1-2H3;5-15H2,1-4H3;4-8H,1-3H3;5-8H2,1-4H3;1-4H3;8*1H/q7*+1;;;;;;;;/p-7. The second kappa shape index (κ2) is 102. The van der Waals surface area contributed by atoms with E-state index in [4.69, 9.17) is 4.74 Å². The Morgan fingerprint density at radius 2 is 0.471 bits per heavy atom. The van der Waals surface area contributed by atoms with Crippen molar-refractivity contribution in [1.29, 1.82) is 0 Å². The van der Waals surface area contributed by atoms with Crippen molar-refractivity contribution in [1.82, 2.24) is 4.48 Å². The minimum atomic E-state index is 0. The Kier molecular flexibility index (Phi) is 122. The number of morpholine rings is 1. The number of likely N-dealkylation sites (N-methyl/N-ethyl adjacent to an activating group) is 1. The molecular weight excluding hydrogens is 1640 g/mol. The molecule has 1 saturated heterocycles. The molecule has 0 amide bonds. The van der Waals surface area contributed by atoms with E-state index in [0.29, 0.717) is 0 Å². The maximum Gasteiger partial charge on any atom is 0.132 e. The van der Waals surface area contributed by atoms with Crippen LogP contribution in [0.15, 0.2) is 60.7 Å². The number of hydrogen-bond acceptors (Lipinski definition) is 1. The number of nitrogens with zero attached hydrogens (tertiary/aromatic N) is 7. The molecule has 15 heteroatoms. The van der Waals surface area contributed by atoms with Crippen molar-refractivity contribution in [2.45, 2.75) is 428 Å². The van der Waals surface area contributed by atoms with Crippen molar-refractivity contribution in [2.75, 3.05) is 191 Å². The summed E-state index contributed by atoms with van der Waals surface area (Å²) >= 11 is 0. The predicted octanol–water partition coefficient (Wildman–Crippen LogP) is 9.79.